The Morgan fingerprint density at radius 3 is 1.58 bits per heavy atom. The van der Waals surface area contributed by atoms with E-state index in [0.717, 1.165) is 23.5 Å². The van der Waals surface area contributed by atoms with Crippen LogP contribution in [0.4, 0.5) is 51.2 Å². The van der Waals surface area contributed by atoms with Gasteiger partial charge in [-0.3, -0.25) is 0 Å². The van der Waals surface area contributed by atoms with Crippen molar-refractivity contribution < 1.29 is 0 Å². The maximum Gasteiger partial charge on any atom is 0.252 e. The van der Waals surface area contributed by atoms with E-state index in [1.165, 1.54) is 101 Å². The molecule has 9 aromatic carbocycles. The highest BCUT2D eigenvalue weighted by atomic mass is 15.2. The van der Waals surface area contributed by atoms with Crippen LogP contribution in [0.15, 0.2) is 200 Å². The molecule has 71 heavy (non-hydrogen) atoms. The molecule has 1 aliphatic carbocycles. The van der Waals surface area contributed by atoms with Crippen LogP contribution >= 0.6 is 0 Å². The van der Waals surface area contributed by atoms with Crippen molar-refractivity contribution in [1.29, 1.82) is 0 Å². The van der Waals surface area contributed by atoms with Crippen molar-refractivity contribution in [2.45, 2.75) is 85.0 Å². The molecule has 3 nitrogen and oxygen atoms in total. The zero-order valence-electron chi connectivity index (χ0n) is 42.7. The summed E-state index contributed by atoms with van der Waals surface area (Å²) in [5.74, 6) is 0. The van der Waals surface area contributed by atoms with Gasteiger partial charge >= 0.3 is 0 Å². The van der Waals surface area contributed by atoms with Crippen molar-refractivity contribution in [2.75, 3.05) is 14.7 Å². The van der Waals surface area contributed by atoms with Gasteiger partial charge < -0.3 is 14.7 Å². The first kappa shape index (κ1) is 44.6. The van der Waals surface area contributed by atoms with Gasteiger partial charge in [0.15, 0.2) is 0 Å². The van der Waals surface area contributed by atoms with E-state index in [1.54, 1.807) is 0 Å². The molecule has 0 saturated carbocycles. The molecule has 0 spiro atoms. The van der Waals surface area contributed by atoms with E-state index in [9.17, 15) is 0 Å². The SMILES string of the molecule is Cc1cc2c3c(c1)N(c1ccc(C(C)(C)C)cc1-c1ccccc1)c1cc4c(cc1B3c1cc(N(c3ccccc3)c3ccccc3)ccc1N2c1cc(-c2ccccc2)ccc1C)C(C)(C)CC4(C)C. The quantitative estimate of drug-likeness (QED) is 0.148. The molecule has 2 aliphatic heterocycles. The summed E-state index contributed by atoms with van der Waals surface area (Å²) < 4.78 is 0. The molecule has 3 aliphatic rings. The summed E-state index contributed by atoms with van der Waals surface area (Å²) in [7, 11) is 0. The summed E-state index contributed by atoms with van der Waals surface area (Å²) in [5, 5.41) is 0. The molecule has 0 unspecified atom stereocenters. The molecule has 0 N–H and O–H groups in total. The smallest absolute Gasteiger partial charge is 0.252 e. The second kappa shape index (κ2) is 16.5. The number of benzene rings is 9. The Bertz CT molecular complexity index is 3480. The molecule has 2 heterocycles. The minimum absolute atomic E-state index is 0.00245. The average Bonchev–Trinajstić information content (AvgIpc) is 3.55. The fraction of sp³-hybridized carbons (Fsp3) is 0.194. The third kappa shape index (κ3) is 7.41. The lowest BCUT2D eigenvalue weighted by Crippen LogP contribution is -2.61. The number of nitrogens with zero attached hydrogens (tertiary/aromatic N) is 3. The molecular formula is C67H62BN3. The maximum atomic E-state index is 2.66. The number of rotatable bonds is 7. The zero-order chi connectivity index (χ0) is 49.0. The largest absolute Gasteiger partial charge is 0.311 e. The van der Waals surface area contributed by atoms with Crippen LogP contribution in [0, 0.1) is 13.8 Å². The van der Waals surface area contributed by atoms with Crippen LogP contribution in [-0.4, -0.2) is 6.71 Å². The molecule has 9 aromatic rings. The van der Waals surface area contributed by atoms with Gasteiger partial charge in [0.2, 0.25) is 0 Å². The number of aryl methyl sites for hydroxylation is 2. The lowest BCUT2D eigenvalue weighted by Gasteiger charge is -2.46. The number of para-hydroxylation sites is 2. The summed E-state index contributed by atoms with van der Waals surface area (Å²) in [4.78, 5) is 7.68. The normalized spacial score (nSPS) is 14.9. The third-order valence-corrected chi connectivity index (χ3v) is 15.7. The number of hydrogen-bond acceptors (Lipinski definition) is 3. The Kier molecular flexibility index (Phi) is 10.4. The summed E-state index contributed by atoms with van der Waals surface area (Å²) in [6, 6.07) is 75.3. The predicted octanol–water partition coefficient (Wildman–Crippen LogP) is 16.4. The van der Waals surface area contributed by atoms with E-state index in [4.69, 9.17) is 0 Å². The standard InChI is InChI=1S/C67H62BN3/c1-44-36-62-64-63(37-44)71(60-38-48(31-30-45(60)2)46-22-14-10-15-23-46)59-35-33-52(69(50-26-18-12-19-27-50)51-28-20-13-21-29-51)40-56(59)68(64)57-41-54-55(67(8,9)43-66(54,6)7)42-61(57)70(62)58-34-32-49(65(3,4)5)39-53(58)47-24-16-11-17-25-47/h10-42H,43H2,1-9H3. The second-order valence-electron chi connectivity index (χ2n) is 22.7. The van der Waals surface area contributed by atoms with E-state index in [-0.39, 0.29) is 23.0 Å². The molecule has 0 radical (unpaired) electrons. The van der Waals surface area contributed by atoms with E-state index >= 15 is 0 Å². The van der Waals surface area contributed by atoms with Gasteiger partial charge in [0.1, 0.15) is 0 Å². The van der Waals surface area contributed by atoms with Gasteiger partial charge in [0.05, 0.1) is 5.69 Å². The van der Waals surface area contributed by atoms with Crippen LogP contribution in [-0.2, 0) is 16.2 Å². The van der Waals surface area contributed by atoms with Crippen molar-refractivity contribution >= 4 is 74.3 Å². The highest BCUT2D eigenvalue weighted by Crippen LogP contribution is 2.54. The van der Waals surface area contributed by atoms with Crippen molar-refractivity contribution in [3.05, 3.63) is 228 Å². The van der Waals surface area contributed by atoms with Crippen molar-refractivity contribution in [3.63, 3.8) is 0 Å². The molecular weight excluding hydrogens is 858 g/mol. The van der Waals surface area contributed by atoms with Crippen LogP contribution < -0.4 is 31.1 Å². The molecule has 0 saturated heterocycles. The van der Waals surface area contributed by atoms with Crippen molar-refractivity contribution in [2.24, 2.45) is 0 Å². The molecule has 0 atom stereocenters. The fourth-order valence-electron chi connectivity index (χ4n) is 12.6. The Labute approximate surface area is 422 Å². The molecule has 348 valence electrons. The molecule has 0 amide bonds. The lowest BCUT2D eigenvalue weighted by atomic mass is 9.33. The highest BCUT2D eigenvalue weighted by Gasteiger charge is 2.48. The van der Waals surface area contributed by atoms with Gasteiger partial charge in [-0.2, -0.15) is 0 Å². The van der Waals surface area contributed by atoms with Crippen LogP contribution in [0.25, 0.3) is 22.3 Å². The number of anilines is 9. The highest BCUT2D eigenvalue weighted by molar-refractivity contribution is 7.00. The zero-order valence-corrected chi connectivity index (χ0v) is 42.7. The van der Waals surface area contributed by atoms with E-state index in [2.05, 4.69) is 277 Å². The van der Waals surface area contributed by atoms with E-state index in [1.807, 2.05) is 0 Å². The van der Waals surface area contributed by atoms with E-state index < -0.39 is 0 Å². The topological polar surface area (TPSA) is 9.72 Å². The fourth-order valence-corrected chi connectivity index (χ4v) is 12.6. The van der Waals surface area contributed by atoms with Gasteiger partial charge in [-0.15, -0.1) is 0 Å². The van der Waals surface area contributed by atoms with Gasteiger partial charge in [-0.05, 0) is 176 Å². The van der Waals surface area contributed by atoms with Crippen LogP contribution in [0.1, 0.15) is 82.7 Å². The predicted molar refractivity (Wildman–Crippen MR) is 305 cm³/mol. The van der Waals surface area contributed by atoms with Crippen LogP contribution in [0.2, 0.25) is 0 Å². The third-order valence-electron chi connectivity index (χ3n) is 15.7. The Hall–Kier alpha value is -7.56. The average molecular weight is 920 g/mol. The monoisotopic (exact) mass is 920 g/mol. The Balaban J connectivity index is 1.21. The minimum Gasteiger partial charge on any atom is -0.311 e. The van der Waals surface area contributed by atoms with Gasteiger partial charge in [0, 0.05) is 51.1 Å². The molecule has 0 aromatic heterocycles. The molecule has 4 heteroatoms. The van der Waals surface area contributed by atoms with Crippen LogP contribution in [0.5, 0.6) is 0 Å². The Morgan fingerprint density at radius 2 is 0.972 bits per heavy atom. The summed E-state index contributed by atoms with van der Waals surface area (Å²) in [5.41, 5.74) is 26.2. The van der Waals surface area contributed by atoms with Gasteiger partial charge in [0.25, 0.3) is 6.71 Å². The molecule has 0 bridgehead atoms. The van der Waals surface area contributed by atoms with Crippen molar-refractivity contribution in [1.82, 2.24) is 0 Å². The van der Waals surface area contributed by atoms with Gasteiger partial charge in [-0.25, -0.2) is 0 Å². The van der Waals surface area contributed by atoms with Crippen molar-refractivity contribution in [3.8, 4) is 22.3 Å². The van der Waals surface area contributed by atoms with Crippen LogP contribution in [0.3, 0.4) is 0 Å². The van der Waals surface area contributed by atoms with Gasteiger partial charge in [-0.1, -0.05) is 170 Å². The first-order chi connectivity index (χ1) is 34.2. The van der Waals surface area contributed by atoms with E-state index in [0.29, 0.717) is 0 Å². The number of fused-ring (bicyclic) bond motifs is 5. The molecule has 0 fully saturated rings. The molecule has 12 rings (SSSR count). The Morgan fingerprint density at radius 1 is 0.437 bits per heavy atom. The second-order valence-corrected chi connectivity index (χ2v) is 22.7. The number of hydrogen-bond donors (Lipinski definition) is 0. The maximum absolute atomic E-state index is 2.66. The first-order valence-corrected chi connectivity index (χ1v) is 25.5. The summed E-state index contributed by atoms with van der Waals surface area (Å²) >= 11 is 0. The minimum atomic E-state index is -0.0668. The summed E-state index contributed by atoms with van der Waals surface area (Å²) in [6.07, 6.45) is 1.09. The first-order valence-electron chi connectivity index (χ1n) is 25.5. The lowest BCUT2D eigenvalue weighted by molar-refractivity contribution is 0.403. The summed E-state index contributed by atoms with van der Waals surface area (Å²) in [6.45, 7) is 21.3.